The van der Waals surface area contributed by atoms with E-state index in [9.17, 15) is 0 Å². The lowest BCUT2D eigenvalue weighted by Gasteiger charge is -2.22. The first-order valence-electron chi connectivity index (χ1n) is 7.62. The molecule has 23 heavy (non-hydrogen) atoms. The van der Waals surface area contributed by atoms with Crippen LogP contribution in [-0.2, 0) is 4.74 Å². The molecule has 7 nitrogen and oxygen atoms in total. The Balaban J connectivity index is 1.81. The number of aromatic nitrogens is 4. The lowest BCUT2D eigenvalue weighted by Crippen LogP contribution is -2.27. The number of nitrogens with two attached hydrogens (primary N) is 1. The lowest BCUT2D eigenvalue weighted by molar-refractivity contribution is 0.0212. The molecule has 0 bridgehead atoms. The minimum absolute atomic E-state index is 0.0958. The summed E-state index contributed by atoms with van der Waals surface area (Å²) in [4.78, 5) is 12.9. The molecule has 4 rings (SSSR count). The third-order valence-corrected chi connectivity index (χ3v) is 3.86. The van der Waals surface area contributed by atoms with Crippen molar-refractivity contribution >= 4 is 17.0 Å². The van der Waals surface area contributed by atoms with E-state index in [0.717, 1.165) is 23.9 Å². The topological polar surface area (TPSA) is 88.1 Å². The molecule has 7 heteroatoms. The average Bonchev–Trinajstić information content (AvgIpc) is 2.93. The molecule has 1 aliphatic rings. The molecule has 3 aromatic rings. The zero-order valence-electron chi connectivity index (χ0n) is 12.6. The molecule has 0 amide bonds. The number of fused-ring (bicyclic) bond motifs is 1. The number of hydrogen-bond donors (Lipinski definition) is 1. The van der Waals surface area contributed by atoms with Crippen molar-refractivity contribution in [3.8, 4) is 11.8 Å². The summed E-state index contributed by atoms with van der Waals surface area (Å²) in [6, 6.07) is 10.2. The first-order valence-corrected chi connectivity index (χ1v) is 7.62. The predicted molar refractivity (Wildman–Crippen MR) is 85.5 cm³/mol. The molecule has 0 unspecified atom stereocenters. The fourth-order valence-electron chi connectivity index (χ4n) is 2.74. The molecule has 0 aliphatic carbocycles. The summed E-state index contributed by atoms with van der Waals surface area (Å²) in [7, 11) is 0. The number of rotatable bonds is 3. The summed E-state index contributed by atoms with van der Waals surface area (Å²) in [6.45, 7) is 1.43. The molecule has 0 radical (unpaired) electrons. The summed E-state index contributed by atoms with van der Waals surface area (Å²) in [5.41, 5.74) is 7.51. The van der Waals surface area contributed by atoms with Gasteiger partial charge >= 0.3 is 6.01 Å². The van der Waals surface area contributed by atoms with E-state index in [2.05, 4.69) is 15.0 Å². The Bertz CT molecular complexity index is 826. The number of imidazole rings is 1. The fraction of sp³-hybridized carbons (Fsp3) is 0.312. The van der Waals surface area contributed by atoms with E-state index in [-0.39, 0.29) is 12.1 Å². The van der Waals surface area contributed by atoms with E-state index < -0.39 is 0 Å². The van der Waals surface area contributed by atoms with E-state index in [4.69, 9.17) is 15.2 Å². The summed E-state index contributed by atoms with van der Waals surface area (Å²) >= 11 is 0. The Morgan fingerprint density at radius 2 is 1.96 bits per heavy atom. The van der Waals surface area contributed by atoms with Gasteiger partial charge in [-0.05, 0) is 12.1 Å². The molecule has 1 aliphatic heterocycles. The van der Waals surface area contributed by atoms with Gasteiger partial charge in [0.05, 0.1) is 24.2 Å². The van der Waals surface area contributed by atoms with Gasteiger partial charge in [0.2, 0.25) is 5.95 Å². The van der Waals surface area contributed by atoms with Crippen LogP contribution in [0.3, 0.4) is 0 Å². The third kappa shape index (κ3) is 2.70. The maximum absolute atomic E-state index is 6.14. The van der Waals surface area contributed by atoms with Crippen LogP contribution >= 0.6 is 0 Å². The average molecular weight is 311 g/mol. The number of ether oxygens (including phenoxy) is 2. The van der Waals surface area contributed by atoms with Gasteiger partial charge in [0, 0.05) is 25.1 Å². The van der Waals surface area contributed by atoms with Gasteiger partial charge in [-0.15, -0.1) is 0 Å². The Hall–Kier alpha value is -2.67. The zero-order valence-corrected chi connectivity index (χ0v) is 12.6. The number of nitrogens with zero attached hydrogens (tertiary/aromatic N) is 4. The van der Waals surface area contributed by atoms with Crippen molar-refractivity contribution in [3.63, 3.8) is 0 Å². The molecule has 3 heterocycles. The van der Waals surface area contributed by atoms with Crippen LogP contribution in [0.4, 0.5) is 5.95 Å². The van der Waals surface area contributed by atoms with Crippen molar-refractivity contribution in [1.29, 1.82) is 0 Å². The molecule has 118 valence electrons. The van der Waals surface area contributed by atoms with Gasteiger partial charge in [-0.3, -0.25) is 0 Å². The van der Waals surface area contributed by atoms with Gasteiger partial charge in [0.15, 0.2) is 0 Å². The molecule has 0 atom stereocenters. The van der Waals surface area contributed by atoms with Crippen LogP contribution in [0, 0.1) is 0 Å². The minimum Gasteiger partial charge on any atom is -0.461 e. The van der Waals surface area contributed by atoms with Gasteiger partial charge in [-0.2, -0.15) is 9.97 Å². The van der Waals surface area contributed by atoms with Crippen molar-refractivity contribution in [2.45, 2.75) is 18.9 Å². The van der Waals surface area contributed by atoms with Crippen LogP contribution in [0.5, 0.6) is 6.01 Å². The van der Waals surface area contributed by atoms with Gasteiger partial charge in [-0.1, -0.05) is 12.1 Å². The molecular weight excluding hydrogens is 294 g/mol. The van der Waals surface area contributed by atoms with Crippen LogP contribution in [0.2, 0.25) is 0 Å². The number of nitrogen functional groups attached to an aromatic ring is 1. The van der Waals surface area contributed by atoms with Crippen LogP contribution in [0.15, 0.2) is 36.5 Å². The largest absolute Gasteiger partial charge is 0.461 e. The Morgan fingerprint density at radius 3 is 2.78 bits per heavy atom. The second kappa shape index (κ2) is 5.85. The van der Waals surface area contributed by atoms with E-state index in [1.165, 1.54) is 0 Å². The van der Waals surface area contributed by atoms with Gasteiger partial charge in [0.25, 0.3) is 0 Å². The lowest BCUT2D eigenvalue weighted by atomic mass is 10.2. The van der Waals surface area contributed by atoms with Crippen molar-refractivity contribution in [1.82, 2.24) is 19.5 Å². The highest BCUT2D eigenvalue weighted by atomic mass is 16.5. The summed E-state index contributed by atoms with van der Waals surface area (Å²) < 4.78 is 13.4. The van der Waals surface area contributed by atoms with Crippen molar-refractivity contribution < 1.29 is 9.47 Å². The first-order chi connectivity index (χ1) is 11.3. The summed E-state index contributed by atoms with van der Waals surface area (Å²) in [5, 5.41) is 0. The smallest absolute Gasteiger partial charge is 0.303 e. The zero-order chi connectivity index (χ0) is 15.6. The quantitative estimate of drug-likeness (QED) is 0.795. The SMILES string of the molecule is Nc1nccc(-n2c(OC3CCOCC3)nc3ccccc32)n1. The van der Waals surface area contributed by atoms with Gasteiger partial charge in [0.1, 0.15) is 11.9 Å². The highest BCUT2D eigenvalue weighted by molar-refractivity contribution is 5.78. The number of benzene rings is 1. The van der Waals surface area contributed by atoms with Crippen molar-refractivity contribution in [3.05, 3.63) is 36.5 Å². The third-order valence-electron chi connectivity index (χ3n) is 3.86. The first kappa shape index (κ1) is 14.0. The normalized spacial score (nSPS) is 15.8. The molecule has 1 aromatic carbocycles. The highest BCUT2D eigenvalue weighted by Gasteiger charge is 2.21. The molecule has 0 saturated carbocycles. The molecule has 1 fully saturated rings. The van der Waals surface area contributed by atoms with E-state index >= 15 is 0 Å². The second-order valence-electron chi connectivity index (χ2n) is 5.42. The number of para-hydroxylation sites is 2. The maximum atomic E-state index is 6.14. The van der Waals surface area contributed by atoms with Crippen LogP contribution in [0.25, 0.3) is 16.9 Å². The number of hydrogen-bond acceptors (Lipinski definition) is 6. The molecule has 2 N–H and O–H groups in total. The van der Waals surface area contributed by atoms with E-state index in [1.54, 1.807) is 12.3 Å². The van der Waals surface area contributed by atoms with E-state index in [1.807, 2.05) is 28.8 Å². The van der Waals surface area contributed by atoms with Crippen molar-refractivity contribution in [2.24, 2.45) is 0 Å². The molecule has 0 spiro atoms. The number of anilines is 1. The van der Waals surface area contributed by atoms with Gasteiger partial charge in [-0.25, -0.2) is 9.55 Å². The van der Waals surface area contributed by atoms with E-state index in [0.29, 0.717) is 25.0 Å². The minimum atomic E-state index is 0.0958. The van der Waals surface area contributed by atoms with Crippen molar-refractivity contribution in [2.75, 3.05) is 18.9 Å². The molecule has 1 saturated heterocycles. The Kier molecular flexibility index (Phi) is 3.55. The second-order valence-corrected chi connectivity index (χ2v) is 5.42. The summed E-state index contributed by atoms with van der Waals surface area (Å²) in [6.07, 6.45) is 3.44. The van der Waals surface area contributed by atoms with Crippen LogP contribution < -0.4 is 10.5 Å². The molecule has 2 aromatic heterocycles. The highest BCUT2D eigenvalue weighted by Crippen LogP contribution is 2.27. The standard InChI is InChI=1S/C16H17N5O2/c17-15-18-8-5-14(20-15)21-13-4-2-1-3-12(13)19-16(21)23-11-6-9-22-10-7-11/h1-5,8,11H,6-7,9-10H2,(H2,17,18,20). The van der Waals surface area contributed by atoms with Crippen LogP contribution in [-0.4, -0.2) is 38.8 Å². The summed E-state index contributed by atoms with van der Waals surface area (Å²) in [5.74, 6) is 0.866. The van der Waals surface area contributed by atoms with Gasteiger partial charge < -0.3 is 15.2 Å². The predicted octanol–water partition coefficient (Wildman–Crippen LogP) is 1.96. The monoisotopic (exact) mass is 311 g/mol. The Morgan fingerprint density at radius 1 is 1.13 bits per heavy atom. The maximum Gasteiger partial charge on any atom is 0.303 e. The molecular formula is C16H17N5O2. The Labute approximate surface area is 133 Å². The fourth-order valence-corrected chi connectivity index (χ4v) is 2.74. The van der Waals surface area contributed by atoms with Crippen LogP contribution in [0.1, 0.15) is 12.8 Å².